The number of nitriles is 1. The van der Waals surface area contributed by atoms with Gasteiger partial charge in [-0.1, -0.05) is 11.6 Å². The minimum Gasteiger partial charge on any atom is -0.467 e. The van der Waals surface area contributed by atoms with Gasteiger partial charge in [0.05, 0.1) is 22.2 Å². The molecule has 0 amide bonds. The van der Waals surface area contributed by atoms with E-state index in [1.807, 2.05) is 36.4 Å². The van der Waals surface area contributed by atoms with E-state index in [1.165, 1.54) is 11.3 Å². The van der Waals surface area contributed by atoms with Crippen LogP contribution in [-0.4, -0.2) is 0 Å². The maximum absolute atomic E-state index is 8.84. The van der Waals surface area contributed by atoms with Crippen molar-refractivity contribution >= 4 is 28.6 Å². The lowest BCUT2D eigenvalue weighted by molar-refractivity contribution is 0.501. The molecule has 3 nitrogen and oxygen atoms in total. The molecule has 0 fully saturated rings. The third kappa shape index (κ3) is 3.10. The molecule has 1 aromatic carbocycles. The maximum Gasteiger partial charge on any atom is 0.131 e. The molecule has 0 aliphatic heterocycles. The summed E-state index contributed by atoms with van der Waals surface area (Å²) in [5, 5.41) is 12.3. The summed E-state index contributed by atoms with van der Waals surface area (Å²) in [6, 6.07) is 17.0. The van der Waals surface area contributed by atoms with Gasteiger partial charge in [0.25, 0.3) is 0 Å². The van der Waals surface area contributed by atoms with Crippen LogP contribution < -0.4 is 5.32 Å². The minimum absolute atomic E-state index is 0.106. The molecule has 2 aromatic heterocycles. The van der Waals surface area contributed by atoms with Crippen LogP contribution in [-0.2, 0) is 0 Å². The van der Waals surface area contributed by atoms with Crippen LogP contribution in [0.15, 0.2) is 59.2 Å². The second-order valence-electron chi connectivity index (χ2n) is 4.42. The molecule has 0 spiro atoms. The second-order valence-corrected chi connectivity index (χ2v) is 6.17. The first-order valence-corrected chi connectivity index (χ1v) is 7.51. The Labute approximate surface area is 131 Å². The molecule has 1 unspecified atom stereocenters. The summed E-state index contributed by atoms with van der Waals surface area (Å²) in [4.78, 5) is 1.07. The monoisotopic (exact) mass is 314 g/mol. The molecule has 104 valence electrons. The Hall–Kier alpha value is -2.22. The number of hydrogen-bond acceptors (Lipinski definition) is 4. The molecule has 3 rings (SSSR count). The Morgan fingerprint density at radius 1 is 1.14 bits per heavy atom. The summed E-state index contributed by atoms with van der Waals surface area (Å²) in [5.74, 6) is 0.817. The largest absolute Gasteiger partial charge is 0.467 e. The fourth-order valence-corrected chi connectivity index (χ4v) is 3.15. The van der Waals surface area contributed by atoms with E-state index in [9.17, 15) is 0 Å². The number of thiophene rings is 1. The lowest BCUT2D eigenvalue weighted by Gasteiger charge is -2.16. The predicted molar refractivity (Wildman–Crippen MR) is 84.7 cm³/mol. The van der Waals surface area contributed by atoms with E-state index in [0.29, 0.717) is 5.56 Å². The molecule has 0 aliphatic rings. The lowest BCUT2D eigenvalue weighted by Crippen LogP contribution is -2.10. The Kier molecular flexibility index (Phi) is 3.96. The number of nitrogens with one attached hydrogen (secondary N) is 1. The van der Waals surface area contributed by atoms with E-state index in [2.05, 4.69) is 11.4 Å². The van der Waals surface area contributed by atoms with Crippen molar-refractivity contribution < 1.29 is 4.42 Å². The molecule has 1 N–H and O–H groups in total. The summed E-state index contributed by atoms with van der Waals surface area (Å²) < 4.78 is 6.26. The zero-order valence-electron chi connectivity index (χ0n) is 10.9. The number of hydrogen-bond donors (Lipinski definition) is 1. The highest BCUT2D eigenvalue weighted by Gasteiger charge is 2.18. The van der Waals surface area contributed by atoms with Gasteiger partial charge in [-0.15, -0.1) is 11.3 Å². The van der Waals surface area contributed by atoms with Crippen LogP contribution in [0.25, 0.3) is 0 Å². The van der Waals surface area contributed by atoms with E-state index in [1.54, 1.807) is 18.4 Å². The molecule has 0 saturated carbocycles. The average molecular weight is 315 g/mol. The second kappa shape index (κ2) is 6.04. The zero-order valence-corrected chi connectivity index (χ0v) is 12.5. The Morgan fingerprint density at radius 3 is 2.52 bits per heavy atom. The summed E-state index contributed by atoms with van der Waals surface area (Å²) in [6.45, 7) is 0. The number of furan rings is 1. The molecule has 5 heteroatoms. The first-order valence-electron chi connectivity index (χ1n) is 6.31. The third-order valence-electron chi connectivity index (χ3n) is 3.03. The van der Waals surface area contributed by atoms with Crippen LogP contribution in [0.4, 0.5) is 5.69 Å². The van der Waals surface area contributed by atoms with Gasteiger partial charge in [-0.3, -0.25) is 0 Å². The highest BCUT2D eigenvalue weighted by atomic mass is 35.5. The maximum atomic E-state index is 8.84. The van der Waals surface area contributed by atoms with E-state index >= 15 is 0 Å². The molecule has 0 aliphatic carbocycles. The first kappa shape index (κ1) is 13.7. The number of halogens is 1. The number of anilines is 1. The molecule has 1 atom stereocenters. The van der Waals surface area contributed by atoms with Crippen molar-refractivity contribution in [3.8, 4) is 6.07 Å². The number of benzene rings is 1. The van der Waals surface area contributed by atoms with Crippen LogP contribution in [0.2, 0.25) is 4.34 Å². The molecule has 0 bridgehead atoms. The molecule has 2 heterocycles. The fraction of sp³-hybridized carbons (Fsp3) is 0.0625. The van der Waals surface area contributed by atoms with E-state index in [4.69, 9.17) is 21.3 Å². The molecular weight excluding hydrogens is 304 g/mol. The van der Waals surface area contributed by atoms with E-state index in [0.717, 1.165) is 20.7 Å². The SMILES string of the molecule is N#Cc1ccc(NC(c2ccco2)c2ccc(Cl)s2)cc1. The summed E-state index contributed by atoms with van der Waals surface area (Å²) in [5.41, 5.74) is 1.55. The normalized spacial score (nSPS) is 11.8. The van der Waals surface area contributed by atoms with E-state index in [-0.39, 0.29) is 6.04 Å². The molecule has 21 heavy (non-hydrogen) atoms. The van der Waals surface area contributed by atoms with E-state index < -0.39 is 0 Å². The van der Waals surface area contributed by atoms with Gasteiger partial charge in [0.1, 0.15) is 11.8 Å². The fourth-order valence-electron chi connectivity index (χ4n) is 2.03. The van der Waals surface area contributed by atoms with Crippen molar-refractivity contribution in [1.29, 1.82) is 5.26 Å². The van der Waals surface area contributed by atoms with Gasteiger partial charge in [-0.2, -0.15) is 5.26 Å². The first-order chi connectivity index (χ1) is 10.3. The minimum atomic E-state index is -0.106. The summed E-state index contributed by atoms with van der Waals surface area (Å²) >= 11 is 7.54. The van der Waals surface area contributed by atoms with Gasteiger partial charge in [0.15, 0.2) is 0 Å². The molecule has 0 saturated heterocycles. The van der Waals surface area contributed by atoms with Crippen LogP contribution in [0, 0.1) is 11.3 Å². The van der Waals surface area contributed by atoms with Gasteiger partial charge in [-0.25, -0.2) is 0 Å². The van der Waals surface area contributed by atoms with Gasteiger partial charge < -0.3 is 9.73 Å². The van der Waals surface area contributed by atoms with Crippen molar-refractivity contribution in [2.24, 2.45) is 0 Å². The number of nitrogens with zero attached hydrogens (tertiary/aromatic N) is 1. The molecule has 3 aromatic rings. The van der Waals surface area contributed by atoms with Crippen LogP contribution in [0.1, 0.15) is 22.2 Å². The average Bonchev–Trinajstić information content (AvgIpc) is 3.17. The van der Waals surface area contributed by atoms with Crippen LogP contribution in [0.5, 0.6) is 0 Å². The van der Waals surface area contributed by atoms with Gasteiger partial charge >= 0.3 is 0 Å². The Balaban J connectivity index is 1.91. The number of rotatable bonds is 4. The van der Waals surface area contributed by atoms with Gasteiger partial charge in [0.2, 0.25) is 0 Å². The summed E-state index contributed by atoms with van der Waals surface area (Å²) in [7, 11) is 0. The van der Waals surface area contributed by atoms with Gasteiger partial charge in [0, 0.05) is 10.6 Å². The Bertz CT molecular complexity index is 756. The quantitative estimate of drug-likeness (QED) is 0.731. The Morgan fingerprint density at radius 2 is 1.95 bits per heavy atom. The molecule has 0 radical (unpaired) electrons. The van der Waals surface area contributed by atoms with Crippen molar-refractivity contribution in [3.63, 3.8) is 0 Å². The molecular formula is C16H11ClN2OS. The highest BCUT2D eigenvalue weighted by molar-refractivity contribution is 7.16. The van der Waals surface area contributed by atoms with Gasteiger partial charge in [-0.05, 0) is 48.5 Å². The van der Waals surface area contributed by atoms with Crippen LogP contribution in [0.3, 0.4) is 0 Å². The third-order valence-corrected chi connectivity index (χ3v) is 4.33. The standard InChI is InChI=1S/C16H11ClN2OS/c17-15-8-7-14(21-15)16(13-2-1-9-20-13)19-12-5-3-11(10-18)4-6-12/h1-9,16,19H. The zero-order chi connectivity index (χ0) is 14.7. The van der Waals surface area contributed by atoms with Crippen molar-refractivity contribution in [2.45, 2.75) is 6.04 Å². The lowest BCUT2D eigenvalue weighted by atomic mass is 10.1. The highest BCUT2D eigenvalue weighted by Crippen LogP contribution is 2.33. The van der Waals surface area contributed by atoms with Crippen molar-refractivity contribution in [2.75, 3.05) is 5.32 Å². The topological polar surface area (TPSA) is 49.0 Å². The summed E-state index contributed by atoms with van der Waals surface area (Å²) in [6.07, 6.45) is 1.65. The van der Waals surface area contributed by atoms with Crippen molar-refractivity contribution in [1.82, 2.24) is 0 Å². The van der Waals surface area contributed by atoms with Crippen LogP contribution >= 0.6 is 22.9 Å². The predicted octanol–water partition coefficient (Wildman–Crippen LogP) is 5.07. The smallest absolute Gasteiger partial charge is 0.131 e. The van der Waals surface area contributed by atoms with Crippen molar-refractivity contribution in [3.05, 3.63) is 75.3 Å².